The zero-order chi connectivity index (χ0) is 18.5. The average molecular weight is 431 g/mol. The molecule has 1 unspecified atom stereocenters. The van der Waals surface area contributed by atoms with Crippen LogP contribution in [-0.2, 0) is 4.74 Å². The number of fused-ring (bicyclic) bond motifs is 1. The van der Waals surface area contributed by atoms with E-state index >= 15 is 0 Å². The first-order valence-electron chi connectivity index (χ1n) is 8.17. The van der Waals surface area contributed by atoms with E-state index in [1.165, 1.54) is 0 Å². The van der Waals surface area contributed by atoms with Gasteiger partial charge in [-0.05, 0) is 32.3 Å². The molecule has 5 atom stereocenters. The molecule has 0 bridgehead atoms. The number of aromatic nitrogens is 4. The van der Waals surface area contributed by atoms with Crippen LogP contribution in [0.25, 0.3) is 11.2 Å². The van der Waals surface area contributed by atoms with Gasteiger partial charge in [0, 0.05) is 0 Å². The Kier molecular flexibility index (Phi) is 5.01. The van der Waals surface area contributed by atoms with E-state index in [4.69, 9.17) is 4.74 Å². The first-order chi connectivity index (χ1) is 11.6. The van der Waals surface area contributed by atoms with Crippen LogP contribution in [0.15, 0.2) is 11.1 Å². The van der Waals surface area contributed by atoms with Crippen molar-refractivity contribution in [3.8, 4) is 0 Å². The van der Waals surface area contributed by atoms with Gasteiger partial charge in [0.1, 0.15) is 5.82 Å². The Hall–Kier alpha value is -0.950. The minimum absolute atomic E-state index is 0.175. The van der Waals surface area contributed by atoms with E-state index in [0.29, 0.717) is 11.5 Å². The molecule has 0 spiro atoms. The normalized spacial score (nSPS) is 28.6. The van der Waals surface area contributed by atoms with Crippen molar-refractivity contribution < 1.29 is 9.84 Å². The van der Waals surface area contributed by atoms with Crippen LogP contribution < -0.4 is 5.56 Å². The summed E-state index contributed by atoms with van der Waals surface area (Å²) < 4.78 is 7.91. The van der Waals surface area contributed by atoms with Crippen molar-refractivity contribution in [1.29, 1.82) is 0 Å². The summed E-state index contributed by atoms with van der Waals surface area (Å²) in [6, 6.07) is 0. The van der Waals surface area contributed by atoms with Gasteiger partial charge >= 0.3 is 0 Å². The lowest BCUT2D eigenvalue weighted by atomic mass is 10.0. The molecule has 1 saturated heterocycles. The lowest BCUT2D eigenvalue weighted by molar-refractivity contribution is -0.0391. The van der Waals surface area contributed by atoms with Gasteiger partial charge in [-0.3, -0.25) is 9.36 Å². The summed E-state index contributed by atoms with van der Waals surface area (Å²) in [6.45, 7) is 6.92. The molecular weight excluding hydrogens is 407 g/mol. The van der Waals surface area contributed by atoms with Crippen molar-refractivity contribution in [2.45, 2.75) is 37.1 Å². The SMILES string of the molecule is C=P(C)(C)CC(C)[C@H]1O[C@@H](n2cnc3c(=O)[nH]c(C)nc32)[C@H](Br)[C@@H]1O. The maximum Gasteiger partial charge on any atom is 0.279 e. The van der Waals surface area contributed by atoms with Crippen LogP contribution in [0, 0.1) is 12.8 Å². The standard InChI is InChI=1S/C16H24BrN4O3P/c1-8(6-25(3,4)5)13-12(22)10(17)16(24-13)21-7-18-11-14(21)19-9(2)20-15(11)23/h7-8,10,12-13,16,22H,3,6H2,1-2,4-5H3,(H,19,20,23)/t8?,10-,12+,13-,16-/m1/s1. The fourth-order valence-corrected chi connectivity index (χ4v) is 5.91. The molecule has 0 saturated carbocycles. The maximum absolute atomic E-state index is 12.0. The van der Waals surface area contributed by atoms with Crippen LogP contribution >= 0.6 is 22.8 Å². The van der Waals surface area contributed by atoms with Gasteiger partial charge in [0.05, 0.1) is 23.4 Å². The second-order valence-corrected chi connectivity index (χ2v) is 12.8. The Balaban J connectivity index is 1.94. The largest absolute Gasteiger partial charge is 0.389 e. The van der Waals surface area contributed by atoms with Crippen LogP contribution in [0.4, 0.5) is 0 Å². The van der Waals surface area contributed by atoms with Crippen molar-refractivity contribution >= 4 is 40.3 Å². The highest BCUT2D eigenvalue weighted by molar-refractivity contribution is 9.09. The molecule has 0 amide bonds. The van der Waals surface area contributed by atoms with Gasteiger partial charge in [0.15, 0.2) is 17.4 Å². The van der Waals surface area contributed by atoms with E-state index in [0.717, 1.165) is 6.16 Å². The van der Waals surface area contributed by atoms with E-state index in [1.54, 1.807) is 17.8 Å². The molecule has 2 aromatic heterocycles. The molecule has 1 aliphatic rings. The minimum Gasteiger partial charge on any atom is -0.389 e. The first kappa shape index (κ1) is 18.8. The molecule has 9 heteroatoms. The molecule has 25 heavy (non-hydrogen) atoms. The van der Waals surface area contributed by atoms with Gasteiger partial charge in [0.25, 0.3) is 5.56 Å². The molecule has 1 fully saturated rings. The van der Waals surface area contributed by atoms with Crippen molar-refractivity contribution in [3.63, 3.8) is 0 Å². The maximum atomic E-state index is 12.0. The van der Waals surface area contributed by atoms with Crippen LogP contribution in [0.5, 0.6) is 0 Å². The zero-order valence-corrected chi connectivity index (χ0v) is 17.3. The quantitative estimate of drug-likeness (QED) is 0.569. The number of aryl methyl sites for hydroxylation is 1. The van der Waals surface area contributed by atoms with E-state index in [1.807, 2.05) is 0 Å². The number of nitrogens with one attached hydrogen (secondary N) is 1. The second-order valence-electron chi connectivity index (χ2n) is 7.50. The molecule has 0 aliphatic carbocycles. The first-order valence-corrected chi connectivity index (χ1v) is 12.1. The topological polar surface area (TPSA) is 93.0 Å². The average Bonchev–Trinajstić information content (AvgIpc) is 3.00. The summed E-state index contributed by atoms with van der Waals surface area (Å²) >= 11 is 3.56. The summed E-state index contributed by atoms with van der Waals surface area (Å²) in [5, 5.41) is 10.7. The van der Waals surface area contributed by atoms with E-state index in [-0.39, 0.29) is 27.9 Å². The van der Waals surface area contributed by atoms with Crippen molar-refractivity contribution in [2.75, 3.05) is 19.5 Å². The van der Waals surface area contributed by atoms with E-state index in [9.17, 15) is 9.90 Å². The number of nitrogens with zero attached hydrogens (tertiary/aromatic N) is 3. The molecule has 7 nitrogen and oxygen atoms in total. The van der Waals surface area contributed by atoms with E-state index < -0.39 is 19.2 Å². The summed E-state index contributed by atoms with van der Waals surface area (Å²) in [5.41, 5.74) is 0.449. The molecule has 0 aromatic carbocycles. The van der Waals surface area contributed by atoms with Crippen LogP contribution in [0.2, 0.25) is 0 Å². The number of alkyl halides is 1. The molecule has 0 radical (unpaired) electrons. The zero-order valence-electron chi connectivity index (χ0n) is 14.8. The third-order valence-corrected chi connectivity index (χ3v) is 6.96. The number of hydrogen-bond acceptors (Lipinski definition) is 5. The molecular formula is C16H24BrN4O3P. The van der Waals surface area contributed by atoms with Crippen LogP contribution in [-0.4, -0.2) is 67.5 Å². The Bertz CT molecular complexity index is 889. The molecule has 138 valence electrons. The number of halogens is 1. The van der Waals surface area contributed by atoms with Gasteiger partial charge < -0.3 is 14.8 Å². The molecule has 1 aliphatic heterocycles. The Morgan fingerprint density at radius 1 is 1.56 bits per heavy atom. The predicted molar refractivity (Wildman–Crippen MR) is 105 cm³/mol. The number of aliphatic hydroxyl groups excluding tert-OH is 1. The van der Waals surface area contributed by atoms with Crippen molar-refractivity contribution in [1.82, 2.24) is 19.5 Å². The lowest BCUT2D eigenvalue weighted by Gasteiger charge is -2.26. The fourth-order valence-electron chi connectivity index (χ4n) is 3.46. The van der Waals surface area contributed by atoms with Crippen LogP contribution in [0.3, 0.4) is 0 Å². The molecule has 2 aromatic rings. The van der Waals surface area contributed by atoms with Gasteiger partial charge in [-0.1, -0.05) is 22.9 Å². The number of ether oxygens (including phenoxy) is 1. The molecule has 3 rings (SSSR count). The van der Waals surface area contributed by atoms with Crippen molar-refractivity contribution in [3.05, 3.63) is 22.5 Å². The van der Waals surface area contributed by atoms with Gasteiger partial charge in [-0.2, -0.15) is 0 Å². The number of aromatic amines is 1. The number of aliphatic hydroxyl groups is 1. The summed E-state index contributed by atoms with van der Waals surface area (Å²) in [6.07, 6.45) is 5.28. The van der Waals surface area contributed by atoms with Crippen LogP contribution in [0.1, 0.15) is 19.0 Å². The Morgan fingerprint density at radius 2 is 2.24 bits per heavy atom. The number of hydrogen-bond donors (Lipinski definition) is 2. The van der Waals surface area contributed by atoms with E-state index in [2.05, 4.69) is 57.4 Å². The van der Waals surface area contributed by atoms with Gasteiger partial charge in [0.2, 0.25) is 0 Å². The smallest absolute Gasteiger partial charge is 0.279 e. The van der Waals surface area contributed by atoms with Gasteiger partial charge in [-0.15, -0.1) is 13.2 Å². The third kappa shape index (κ3) is 3.63. The number of H-pyrrole nitrogens is 1. The highest BCUT2D eigenvalue weighted by Gasteiger charge is 2.46. The Morgan fingerprint density at radius 3 is 2.88 bits per heavy atom. The Labute approximate surface area is 154 Å². The molecule has 2 N–H and O–H groups in total. The van der Waals surface area contributed by atoms with Gasteiger partial charge in [-0.25, -0.2) is 9.97 Å². The van der Waals surface area contributed by atoms with Crippen molar-refractivity contribution in [2.24, 2.45) is 5.92 Å². The summed E-state index contributed by atoms with van der Waals surface area (Å²) in [5.74, 6) is 0.686. The number of imidazole rings is 1. The predicted octanol–water partition coefficient (Wildman–Crippen LogP) is 1.80. The fraction of sp³-hybridized carbons (Fsp3) is 0.625. The monoisotopic (exact) mass is 430 g/mol. The second kappa shape index (κ2) is 6.65. The summed E-state index contributed by atoms with van der Waals surface area (Å²) in [4.78, 5) is 22.9. The summed E-state index contributed by atoms with van der Waals surface area (Å²) in [7, 11) is 0. The highest BCUT2D eigenvalue weighted by Crippen LogP contribution is 2.44. The molecule has 3 heterocycles. The number of rotatable bonds is 4. The third-order valence-electron chi connectivity index (χ3n) is 4.40. The lowest BCUT2D eigenvalue weighted by Crippen LogP contribution is -2.33. The highest BCUT2D eigenvalue weighted by atomic mass is 79.9. The minimum atomic E-state index is -1.24.